The number of nitrogens with one attached hydrogen (secondary N) is 1. The van der Waals surface area contributed by atoms with E-state index in [1.54, 1.807) is 37.4 Å². The third kappa shape index (κ3) is 3.20. The summed E-state index contributed by atoms with van der Waals surface area (Å²) in [5.41, 5.74) is 2.29. The van der Waals surface area contributed by atoms with E-state index in [4.69, 9.17) is 11.6 Å². The van der Waals surface area contributed by atoms with Crippen molar-refractivity contribution >= 4 is 23.0 Å². The lowest BCUT2D eigenvalue weighted by Gasteiger charge is -2.08. The Morgan fingerprint density at radius 3 is 2.89 bits per heavy atom. The Labute approximate surface area is 115 Å². The summed E-state index contributed by atoms with van der Waals surface area (Å²) in [6.45, 7) is 2.17. The molecule has 0 fully saturated rings. The van der Waals surface area contributed by atoms with Gasteiger partial charge in [0.1, 0.15) is 0 Å². The van der Waals surface area contributed by atoms with Crippen LogP contribution in [-0.4, -0.2) is 9.91 Å². The molecule has 0 radical (unpaired) electrons. The normalized spacial score (nSPS) is 10.2. The molecule has 0 saturated carbocycles. The van der Waals surface area contributed by atoms with Crippen LogP contribution in [0.5, 0.6) is 0 Å². The van der Waals surface area contributed by atoms with Gasteiger partial charge in [-0.1, -0.05) is 23.7 Å². The van der Waals surface area contributed by atoms with Crippen molar-refractivity contribution in [3.05, 3.63) is 62.9 Å². The molecule has 0 spiro atoms. The Hall–Kier alpha value is -2.14. The summed E-state index contributed by atoms with van der Waals surface area (Å²) >= 11 is 5.92. The van der Waals surface area contributed by atoms with Crippen LogP contribution in [0, 0.1) is 17.0 Å². The summed E-state index contributed by atoms with van der Waals surface area (Å²) in [6, 6.07) is 8.72. The predicted octanol–water partition coefficient (Wildman–Crippen LogP) is 3.56. The first kappa shape index (κ1) is 13.3. The molecular formula is C13H12ClN3O2. The molecule has 19 heavy (non-hydrogen) atoms. The molecule has 0 aliphatic rings. The maximum atomic E-state index is 10.9. The number of hydrogen-bond acceptors (Lipinski definition) is 4. The third-order valence-corrected chi connectivity index (χ3v) is 3.01. The van der Waals surface area contributed by atoms with Crippen molar-refractivity contribution in [3.8, 4) is 0 Å². The number of pyridine rings is 1. The largest absolute Gasteiger partial charge is 0.378 e. The Morgan fingerprint density at radius 2 is 2.21 bits per heavy atom. The van der Waals surface area contributed by atoms with E-state index in [2.05, 4.69) is 10.3 Å². The van der Waals surface area contributed by atoms with Gasteiger partial charge in [0.05, 0.1) is 10.6 Å². The fraction of sp³-hybridized carbons (Fsp3) is 0.154. The second-order valence-corrected chi connectivity index (χ2v) is 4.43. The number of halogens is 1. The van der Waals surface area contributed by atoms with Crippen LogP contribution >= 0.6 is 11.6 Å². The highest BCUT2D eigenvalue weighted by Crippen LogP contribution is 2.22. The minimum absolute atomic E-state index is 0.122. The monoisotopic (exact) mass is 277 g/mol. The van der Waals surface area contributed by atoms with E-state index in [9.17, 15) is 10.1 Å². The number of aromatic nitrogens is 1. The number of nitrogens with zero attached hydrogens (tertiary/aromatic N) is 2. The molecule has 0 unspecified atom stereocenters. The van der Waals surface area contributed by atoms with Gasteiger partial charge in [-0.25, -0.2) is 4.98 Å². The summed E-state index contributed by atoms with van der Waals surface area (Å²) < 4.78 is 0. The first-order chi connectivity index (χ1) is 9.08. The van der Waals surface area contributed by atoms with Crippen LogP contribution in [0.3, 0.4) is 0 Å². The van der Waals surface area contributed by atoms with Gasteiger partial charge in [0.25, 0.3) is 5.69 Å². The van der Waals surface area contributed by atoms with E-state index >= 15 is 0 Å². The van der Waals surface area contributed by atoms with E-state index in [0.717, 1.165) is 5.56 Å². The fourth-order valence-electron chi connectivity index (χ4n) is 1.68. The molecule has 98 valence electrons. The summed E-state index contributed by atoms with van der Waals surface area (Å²) in [7, 11) is 0. The molecule has 6 heteroatoms. The van der Waals surface area contributed by atoms with Gasteiger partial charge in [-0.2, -0.15) is 0 Å². The minimum Gasteiger partial charge on any atom is -0.378 e. The standard InChI is InChI=1S/C13H12ClN3O2/c1-9-4-5-10(7-12(9)17(18)19)8-16-11-3-2-6-15-13(11)14/h2-7,16H,8H2,1H3. The van der Waals surface area contributed by atoms with E-state index in [-0.39, 0.29) is 10.6 Å². The van der Waals surface area contributed by atoms with Crippen molar-refractivity contribution in [2.75, 3.05) is 5.32 Å². The van der Waals surface area contributed by atoms with Crippen LogP contribution in [0.2, 0.25) is 5.15 Å². The van der Waals surface area contributed by atoms with E-state index in [1.165, 1.54) is 0 Å². The third-order valence-electron chi connectivity index (χ3n) is 2.71. The topological polar surface area (TPSA) is 68.1 Å². The minimum atomic E-state index is -0.379. The lowest BCUT2D eigenvalue weighted by atomic mass is 10.1. The smallest absolute Gasteiger partial charge is 0.272 e. The molecule has 0 atom stereocenters. The van der Waals surface area contributed by atoms with Crippen molar-refractivity contribution in [1.29, 1.82) is 0 Å². The lowest BCUT2D eigenvalue weighted by Crippen LogP contribution is -2.02. The number of hydrogen-bond donors (Lipinski definition) is 1. The van der Waals surface area contributed by atoms with Gasteiger partial charge in [0.2, 0.25) is 0 Å². The van der Waals surface area contributed by atoms with Gasteiger partial charge in [-0.3, -0.25) is 10.1 Å². The molecule has 1 aromatic carbocycles. The number of nitro groups is 1. The predicted molar refractivity (Wildman–Crippen MR) is 74.4 cm³/mol. The molecule has 5 nitrogen and oxygen atoms in total. The van der Waals surface area contributed by atoms with Crippen LogP contribution in [-0.2, 0) is 6.54 Å². The molecule has 1 aromatic heterocycles. The van der Waals surface area contributed by atoms with Gasteiger partial charge >= 0.3 is 0 Å². The van der Waals surface area contributed by atoms with Crippen LogP contribution in [0.4, 0.5) is 11.4 Å². The van der Waals surface area contributed by atoms with Gasteiger partial charge in [-0.15, -0.1) is 0 Å². The Morgan fingerprint density at radius 1 is 1.42 bits per heavy atom. The number of benzene rings is 1. The highest BCUT2D eigenvalue weighted by molar-refractivity contribution is 6.31. The summed E-state index contributed by atoms with van der Waals surface area (Å²) in [5, 5.41) is 14.3. The quantitative estimate of drug-likeness (QED) is 0.527. The average molecular weight is 278 g/mol. The second-order valence-electron chi connectivity index (χ2n) is 4.07. The van der Waals surface area contributed by atoms with E-state index < -0.39 is 0 Å². The summed E-state index contributed by atoms with van der Waals surface area (Å²) in [5.74, 6) is 0. The summed E-state index contributed by atoms with van der Waals surface area (Å²) in [6.07, 6.45) is 1.60. The van der Waals surface area contributed by atoms with Crippen LogP contribution < -0.4 is 5.32 Å². The Balaban J connectivity index is 2.14. The molecule has 0 bridgehead atoms. The second kappa shape index (κ2) is 5.67. The Bertz CT molecular complexity index is 617. The average Bonchev–Trinajstić information content (AvgIpc) is 2.39. The van der Waals surface area contributed by atoms with Crippen molar-refractivity contribution in [2.24, 2.45) is 0 Å². The zero-order valence-electron chi connectivity index (χ0n) is 10.3. The number of rotatable bonds is 4. The molecular weight excluding hydrogens is 266 g/mol. The molecule has 0 aliphatic heterocycles. The highest BCUT2D eigenvalue weighted by Gasteiger charge is 2.10. The van der Waals surface area contributed by atoms with Gasteiger partial charge < -0.3 is 5.32 Å². The molecule has 2 rings (SSSR count). The molecule has 0 amide bonds. The zero-order chi connectivity index (χ0) is 13.8. The molecule has 2 aromatic rings. The molecule has 1 heterocycles. The number of aryl methyl sites for hydroxylation is 1. The van der Waals surface area contributed by atoms with Crippen molar-refractivity contribution < 1.29 is 4.92 Å². The van der Waals surface area contributed by atoms with Crippen LogP contribution in [0.1, 0.15) is 11.1 Å². The number of nitro benzene ring substituents is 1. The van der Waals surface area contributed by atoms with Gasteiger partial charge in [-0.05, 0) is 24.6 Å². The highest BCUT2D eigenvalue weighted by atomic mass is 35.5. The van der Waals surface area contributed by atoms with E-state index in [0.29, 0.717) is 22.9 Å². The van der Waals surface area contributed by atoms with Gasteiger partial charge in [0, 0.05) is 24.4 Å². The fourth-order valence-corrected chi connectivity index (χ4v) is 1.86. The number of anilines is 1. The lowest BCUT2D eigenvalue weighted by molar-refractivity contribution is -0.385. The molecule has 0 aliphatic carbocycles. The Kier molecular flexibility index (Phi) is 3.97. The van der Waals surface area contributed by atoms with Crippen LogP contribution in [0.25, 0.3) is 0 Å². The molecule has 1 N–H and O–H groups in total. The maximum Gasteiger partial charge on any atom is 0.272 e. The maximum absolute atomic E-state index is 10.9. The first-order valence-corrected chi connectivity index (χ1v) is 6.04. The van der Waals surface area contributed by atoms with Crippen molar-refractivity contribution in [3.63, 3.8) is 0 Å². The SMILES string of the molecule is Cc1ccc(CNc2cccnc2Cl)cc1[N+](=O)[O-]. The zero-order valence-corrected chi connectivity index (χ0v) is 11.0. The first-order valence-electron chi connectivity index (χ1n) is 5.66. The van der Waals surface area contributed by atoms with Gasteiger partial charge in [0.15, 0.2) is 5.15 Å². The van der Waals surface area contributed by atoms with Crippen LogP contribution in [0.15, 0.2) is 36.5 Å². The molecule has 0 saturated heterocycles. The van der Waals surface area contributed by atoms with E-state index in [1.807, 2.05) is 6.07 Å². The summed E-state index contributed by atoms with van der Waals surface area (Å²) in [4.78, 5) is 14.4. The van der Waals surface area contributed by atoms with Crippen molar-refractivity contribution in [1.82, 2.24) is 4.98 Å². The van der Waals surface area contributed by atoms with Crippen molar-refractivity contribution in [2.45, 2.75) is 13.5 Å².